The number of aromatic hydroxyl groups is 1. The highest BCUT2D eigenvalue weighted by Gasteiger charge is 2.19. The molecule has 1 aromatic rings. The number of phenolic OH excluding ortho intramolecular Hbond substituents is 1. The molecule has 0 spiro atoms. The van der Waals surface area contributed by atoms with Gasteiger partial charge in [0.15, 0.2) is 0 Å². The predicted molar refractivity (Wildman–Crippen MR) is 63.1 cm³/mol. The normalized spacial score (nSPS) is 14.8. The molecule has 1 heterocycles. The molecule has 0 aromatic heterocycles. The molecule has 0 atom stereocenters. The summed E-state index contributed by atoms with van der Waals surface area (Å²) >= 11 is 0. The first-order chi connectivity index (χ1) is 7.16. The van der Waals surface area contributed by atoms with Gasteiger partial charge in [0.05, 0.1) is 0 Å². The molecular weight excluding hydrogens is 186 g/mol. The van der Waals surface area contributed by atoms with Crippen molar-refractivity contribution in [2.45, 2.75) is 26.8 Å². The van der Waals surface area contributed by atoms with Crippen LogP contribution in [0.1, 0.15) is 27.8 Å². The number of nitrogens with one attached hydrogen (secondary N) is 1. The van der Waals surface area contributed by atoms with E-state index in [9.17, 15) is 5.11 Å². The monoisotopic (exact) mass is 203 g/mol. The number of benzene rings is 1. The number of rotatable bonds is 1. The first-order valence-corrected chi connectivity index (χ1v) is 5.33. The second-order valence-corrected chi connectivity index (χ2v) is 4.10. The minimum absolute atomic E-state index is 0.406. The maximum absolute atomic E-state index is 10.0. The summed E-state index contributed by atoms with van der Waals surface area (Å²) in [6.07, 6.45) is 2.75. The molecular formula is C13H17NO. The SMILES string of the molecule is C=Cc1c(C)c2c(c(C)c1O)CCNC2. The lowest BCUT2D eigenvalue weighted by molar-refractivity contribution is 0.466. The molecule has 0 radical (unpaired) electrons. The van der Waals surface area contributed by atoms with E-state index in [4.69, 9.17) is 0 Å². The van der Waals surface area contributed by atoms with Gasteiger partial charge in [-0.2, -0.15) is 0 Å². The van der Waals surface area contributed by atoms with Crippen LogP contribution >= 0.6 is 0 Å². The smallest absolute Gasteiger partial charge is 0.126 e. The Morgan fingerprint density at radius 3 is 2.67 bits per heavy atom. The molecule has 0 aliphatic carbocycles. The van der Waals surface area contributed by atoms with Gasteiger partial charge in [-0.15, -0.1) is 0 Å². The van der Waals surface area contributed by atoms with E-state index in [1.807, 2.05) is 6.92 Å². The number of hydrogen-bond acceptors (Lipinski definition) is 2. The van der Waals surface area contributed by atoms with Crippen LogP contribution in [0.3, 0.4) is 0 Å². The summed E-state index contributed by atoms with van der Waals surface area (Å²) in [5, 5.41) is 13.4. The Labute approximate surface area is 90.6 Å². The Morgan fingerprint density at radius 1 is 1.27 bits per heavy atom. The van der Waals surface area contributed by atoms with Crippen LogP contribution in [0.2, 0.25) is 0 Å². The third-order valence-corrected chi connectivity index (χ3v) is 3.34. The average molecular weight is 203 g/mol. The Balaban J connectivity index is 2.74. The fourth-order valence-corrected chi connectivity index (χ4v) is 2.39. The lowest BCUT2D eigenvalue weighted by atomic mass is 9.88. The largest absolute Gasteiger partial charge is 0.507 e. The van der Waals surface area contributed by atoms with Crippen LogP contribution in [-0.4, -0.2) is 11.7 Å². The lowest BCUT2D eigenvalue weighted by Gasteiger charge is -2.24. The molecule has 80 valence electrons. The third kappa shape index (κ3) is 1.45. The highest BCUT2D eigenvalue weighted by Crippen LogP contribution is 2.34. The van der Waals surface area contributed by atoms with Gasteiger partial charge >= 0.3 is 0 Å². The molecule has 2 rings (SSSR count). The van der Waals surface area contributed by atoms with E-state index in [1.54, 1.807) is 6.08 Å². The molecule has 1 aliphatic rings. The molecule has 2 nitrogen and oxygen atoms in total. The molecule has 0 saturated heterocycles. The summed E-state index contributed by atoms with van der Waals surface area (Å²) in [6, 6.07) is 0. The fourth-order valence-electron chi connectivity index (χ4n) is 2.39. The van der Waals surface area contributed by atoms with Crippen LogP contribution in [0.15, 0.2) is 6.58 Å². The molecule has 0 fully saturated rings. The van der Waals surface area contributed by atoms with Gasteiger partial charge < -0.3 is 10.4 Å². The van der Waals surface area contributed by atoms with E-state index >= 15 is 0 Å². The molecule has 0 bridgehead atoms. The summed E-state index contributed by atoms with van der Waals surface area (Å²) in [7, 11) is 0. The van der Waals surface area contributed by atoms with Gasteiger partial charge in [-0.25, -0.2) is 0 Å². The van der Waals surface area contributed by atoms with Gasteiger partial charge in [-0.3, -0.25) is 0 Å². The number of phenols is 1. The number of fused-ring (bicyclic) bond motifs is 1. The molecule has 0 saturated carbocycles. The second kappa shape index (κ2) is 3.70. The predicted octanol–water partition coefficient (Wildman–Crippen LogP) is 2.30. The summed E-state index contributed by atoms with van der Waals surface area (Å²) in [5.74, 6) is 0.406. The van der Waals surface area contributed by atoms with Gasteiger partial charge in [0.2, 0.25) is 0 Å². The van der Waals surface area contributed by atoms with E-state index in [0.717, 1.165) is 36.2 Å². The molecule has 1 aliphatic heterocycles. The molecule has 2 heteroatoms. The number of hydrogen-bond donors (Lipinski definition) is 2. The maximum Gasteiger partial charge on any atom is 0.126 e. The van der Waals surface area contributed by atoms with E-state index in [1.165, 1.54) is 11.1 Å². The summed E-state index contributed by atoms with van der Waals surface area (Å²) in [5.41, 5.74) is 5.72. The van der Waals surface area contributed by atoms with Crippen LogP contribution in [0.25, 0.3) is 6.08 Å². The second-order valence-electron chi connectivity index (χ2n) is 4.10. The zero-order chi connectivity index (χ0) is 11.0. The quantitative estimate of drug-likeness (QED) is 0.734. The molecule has 2 N–H and O–H groups in total. The Bertz CT molecular complexity index is 421. The van der Waals surface area contributed by atoms with E-state index in [-0.39, 0.29) is 0 Å². The van der Waals surface area contributed by atoms with Crippen molar-refractivity contribution in [2.75, 3.05) is 6.54 Å². The van der Waals surface area contributed by atoms with Crippen molar-refractivity contribution in [3.05, 3.63) is 34.4 Å². The fraction of sp³-hybridized carbons (Fsp3) is 0.385. The molecule has 0 amide bonds. The maximum atomic E-state index is 10.0. The highest BCUT2D eigenvalue weighted by atomic mass is 16.3. The van der Waals surface area contributed by atoms with Gasteiger partial charge in [-0.1, -0.05) is 12.7 Å². The van der Waals surface area contributed by atoms with E-state index < -0.39 is 0 Å². The zero-order valence-electron chi connectivity index (χ0n) is 9.35. The van der Waals surface area contributed by atoms with Crippen molar-refractivity contribution in [1.82, 2.24) is 5.32 Å². The Morgan fingerprint density at radius 2 is 2.00 bits per heavy atom. The highest BCUT2D eigenvalue weighted by molar-refractivity contribution is 5.66. The third-order valence-electron chi connectivity index (χ3n) is 3.34. The minimum Gasteiger partial charge on any atom is -0.507 e. The van der Waals surface area contributed by atoms with Crippen LogP contribution < -0.4 is 5.32 Å². The molecule has 1 aromatic carbocycles. The van der Waals surface area contributed by atoms with Gasteiger partial charge in [0.25, 0.3) is 0 Å². The van der Waals surface area contributed by atoms with Crippen LogP contribution in [0.4, 0.5) is 0 Å². The van der Waals surface area contributed by atoms with Gasteiger partial charge in [0, 0.05) is 12.1 Å². The van der Waals surface area contributed by atoms with Crippen molar-refractivity contribution >= 4 is 6.08 Å². The summed E-state index contributed by atoms with van der Waals surface area (Å²) in [6.45, 7) is 9.72. The zero-order valence-corrected chi connectivity index (χ0v) is 9.35. The van der Waals surface area contributed by atoms with Crippen LogP contribution in [0, 0.1) is 13.8 Å². The van der Waals surface area contributed by atoms with Crippen LogP contribution in [-0.2, 0) is 13.0 Å². The lowest BCUT2D eigenvalue weighted by Crippen LogP contribution is -2.25. The van der Waals surface area contributed by atoms with Crippen molar-refractivity contribution in [1.29, 1.82) is 0 Å². The topological polar surface area (TPSA) is 32.3 Å². The van der Waals surface area contributed by atoms with Crippen molar-refractivity contribution in [3.8, 4) is 5.75 Å². The molecule has 15 heavy (non-hydrogen) atoms. The average Bonchev–Trinajstić information content (AvgIpc) is 2.27. The van der Waals surface area contributed by atoms with Crippen LogP contribution in [0.5, 0.6) is 5.75 Å². The molecule has 0 unspecified atom stereocenters. The Kier molecular flexibility index (Phi) is 2.53. The first-order valence-electron chi connectivity index (χ1n) is 5.33. The van der Waals surface area contributed by atoms with Gasteiger partial charge in [0.1, 0.15) is 5.75 Å². The summed E-state index contributed by atoms with van der Waals surface area (Å²) in [4.78, 5) is 0. The first kappa shape index (κ1) is 10.2. The summed E-state index contributed by atoms with van der Waals surface area (Å²) < 4.78 is 0. The van der Waals surface area contributed by atoms with E-state index in [2.05, 4.69) is 18.8 Å². The van der Waals surface area contributed by atoms with E-state index in [0.29, 0.717) is 5.75 Å². The standard InChI is InChI=1S/C13H17NO/c1-4-10-8(2)12-7-14-6-5-11(12)9(3)13(10)15/h4,14-15H,1,5-7H2,2-3H3. The van der Waals surface area contributed by atoms with Crippen molar-refractivity contribution < 1.29 is 5.11 Å². The Hall–Kier alpha value is -1.28. The van der Waals surface area contributed by atoms with Crippen molar-refractivity contribution in [2.24, 2.45) is 0 Å². The van der Waals surface area contributed by atoms with Crippen molar-refractivity contribution in [3.63, 3.8) is 0 Å². The van der Waals surface area contributed by atoms with Gasteiger partial charge in [-0.05, 0) is 49.1 Å². The minimum atomic E-state index is 0.406.